The van der Waals surface area contributed by atoms with Gasteiger partial charge in [0.2, 0.25) is 0 Å². The molecule has 66 heavy (non-hydrogen) atoms. The average molecular weight is 958 g/mol. The molecule has 9 rings (SSSR count). The van der Waals surface area contributed by atoms with Crippen molar-refractivity contribution in [2.75, 3.05) is 81.6 Å². The van der Waals surface area contributed by atoms with Crippen molar-refractivity contribution in [1.29, 1.82) is 0 Å². The van der Waals surface area contributed by atoms with E-state index in [9.17, 15) is 28.2 Å². The fourth-order valence-corrected chi connectivity index (χ4v) is 12.5. The minimum atomic E-state index is -4.59. The summed E-state index contributed by atoms with van der Waals surface area (Å²) >= 11 is 6.25. The number of rotatable bonds is 14. The fourth-order valence-electron chi connectivity index (χ4n) is 9.67. The minimum absolute atomic E-state index is 0.0403. The zero-order valence-corrected chi connectivity index (χ0v) is 40.2. The molecule has 0 atom stereocenters. The number of carbonyl (C=O) groups is 1. The summed E-state index contributed by atoms with van der Waals surface area (Å²) in [5.41, 5.74) is 5.36. The van der Waals surface area contributed by atoms with Gasteiger partial charge < -0.3 is 14.6 Å². The number of nitro benzene ring substituents is 1. The molecule has 1 saturated carbocycles. The van der Waals surface area contributed by atoms with E-state index >= 15 is 0 Å². The van der Waals surface area contributed by atoms with Crippen LogP contribution < -0.4 is 19.7 Å². The maximum atomic E-state index is 14.0. The van der Waals surface area contributed by atoms with Gasteiger partial charge in [0.25, 0.3) is 5.91 Å². The molecule has 4 heterocycles. The molecule has 350 valence electrons. The van der Waals surface area contributed by atoms with Crippen LogP contribution in [0.15, 0.2) is 95.7 Å². The predicted molar refractivity (Wildman–Crippen MR) is 263 cm³/mol. The van der Waals surface area contributed by atoms with Crippen LogP contribution in [0.5, 0.6) is 11.5 Å². The van der Waals surface area contributed by atoms with Crippen LogP contribution >= 0.6 is 19.1 Å². The molecule has 0 unspecified atom stereocenters. The van der Waals surface area contributed by atoms with Gasteiger partial charge in [-0.25, -0.2) is 4.98 Å². The molecular formula is C48H58ClN8O7PS. The number of halogens is 1. The van der Waals surface area contributed by atoms with Crippen molar-refractivity contribution in [3.8, 4) is 11.5 Å². The number of allylic oxidation sites excluding steroid dienone is 1. The molecular weight excluding hydrogens is 899 g/mol. The number of benzene rings is 3. The van der Waals surface area contributed by atoms with Gasteiger partial charge in [0, 0.05) is 61.1 Å². The second kappa shape index (κ2) is 18.2. The van der Waals surface area contributed by atoms with Crippen molar-refractivity contribution in [2.24, 2.45) is 5.41 Å². The topological polar surface area (TPSA) is 186 Å². The Bertz CT molecular complexity index is 2790. The van der Waals surface area contributed by atoms with Gasteiger partial charge in [0.05, 0.1) is 11.8 Å². The van der Waals surface area contributed by atoms with Crippen molar-refractivity contribution in [2.45, 2.75) is 56.4 Å². The molecule has 18 heteroatoms. The second-order valence-corrected chi connectivity index (χ2v) is 25.6. The zero-order valence-electron chi connectivity index (χ0n) is 37.6. The maximum absolute atomic E-state index is 14.0. The Kier molecular flexibility index (Phi) is 12.7. The quantitative estimate of drug-likeness (QED) is 0.0474. The number of aromatic nitrogens is 2. The first-order chi connectivity index (χ1) is 31.4. The Balaban J connectivity index is 0.914. The number of hydrogen-bond acceptors (Lipinski definition) is 12. The number of aromatic amines is 1. The smallest absolute Gasteiger partial charge is 0.146 e. The van der Waals surface area contributed by atoms with E-state index in [2.05, 4.69) is 60.7 Å². The van der Waals surface area contributed by atoms with E-state index in [0.29, 0.717) is 17.9 Å². The maximum Gasteiger partial charge on any atom is 0.146 e. The van der Waals surface area contributed by atoms with E-state index < -0.39 is 38.9 Å². The van der Waals surface area contributed by atoms with Crippen LogP contribution in [0.1, 0.15) is 61.9 Å². The number of nitrogens with zero attached hydrogens (tertiary/aromatic N) is 5. The summed E-state index contributed by atoms with van der Waals surface area (Å²) in [5, 5.41) is 17.1. The van der Waals surface area contributed by atoms with Crippen molar-refractivity contribution in [3.05, 3.63) is 117 Å². The first-order valence-corrected chi connectivity index (χ1v) is 27.4. The number of nitro groups is 1. The molecule has 3 aromatic carbocycles. The van der Waals surface area contributed by atoms with Gasteiger partial charge in [0.1, 0.15) is 17.1 Å². The third-order valence-electron chi connectivity index (χ3n) is 14.0. The molecule has 5 aromatic rings. The van der Waals surface area contributed by atoms with Crippen molar-refractivity contribution in [1.82, 2.24) is 24.5 Å². The van der Waals surface area contributed by atoms with Crippen LogP contribution in [0.3, 0.4) is 0 Å². The average Bonchev–Trinajstić information content (AvgIpc) is 3.93. The number of H-pyrrole nitrogens is 1. The number of sulfonamides is 1. The number of ether oxygens (including phenoxy) is 1. The van der Waals surface area contributed by atoms with Crippen molar-refractivity contribution in [3.63, 3.8) is 0 Å². The number of pyridine rings is 1. The van der Waals surface area contributed by atoms with Gasteiger partial charge in [-0.3, -0.25) is 9.69 Å². The Morgan fingerprint density at radius 3 is 2.44 bits per heavy atom. The Morgan fingerprint density at radius 2 is 1.73 bits per heavy atom. The summed E-state index contributed by atoms with van der Waals surface area (Å²) in [6, 6.07) is 20.5. The fraction of sp³-hybridized carbons (Fsp3) is 0.417. The Morgan fingerprint density at radius 1 is 0.985 bits per heavy atom. The van der Waals surface area contributed by atoms with E-state index in [1.807, 2.05) is 24.9 Å². The first kappa shape index (κ1) is 46.0. The number of nitrogens with one attached hydrogen (secondary N) is 3. The molecule has 2 aliphatic carbocycles. The van der Waals surface area contributed by atoms with Crippen LogP contribution in [0.4, 0.5) is 17.1 Å². The molecule has 0 bridgehead atoms. The van der Waals surface area contributed by atoms with Gasteiger partial charge in [-0.15, -0.1) is 0 Å². The predicted octanol–water partition coefficient (Wildman–Crippen LogP) is 8.37. The largest absolute Gasteiger partial charge is 0.455 e. The minimum Gasteiger partial charge on any atom is -0.455 e. The molecule has 15 nitrogen and oxygen atoms in total. The number of hydrogen-bond donors (Lipinski definition) is 4. The summed E-state index contributed by atoms with van der Waals surface area (Å²) in [7, 11) is -6.75. The first-order valence-electron chi connectivity index (χ1n) is 22.7. The van der Waals surface area contributed by atoms with Crippen LogP contribution in [0.25, 0.3) is 16.6 Å². The zero-order chi connectivity index (χ0) is 46.4. The van der Waals surface area contributed by atoms with Gasteiger partial charge in [-0.1, -0.05) is 43.2 Å². The van der Waals surface area contributed by atoms with Gasteiger partial charge >= 0.3 is 152 Å². The monoisotopic (exact) mass is 956 g/mol. The summed E-state index contributed by atoms with van der Waals surface area (Å²) in [5.74, 6) is -0.482. The van der Waals surface area contributed by atoms with E-state index in [-0.39, 0.29) is 28.0 Å². The Labute approximate surface area is 391 Å². The number of amides is 1. The number of carbonyl (C=O) groups excluding carboxylic acids is 1. The second-order valence-electron chi connectivity index (χ2n) is 19.5. The molecule has 0 spiro atoms. The number of anilines is 2. The molecule has 0 radical (unpaired) electrons. The summed E-state index contributed by atoms with van der Waals surface area (Å²) < 4.78 is 36.2. The van der Waals surface area contributed by atoms with E-state index in [0.717, 1.165) is 112 Å². The Hall–Kier alpha value is -5.09. The standard InChI is InChI=1S/C48H58ClN8O7PS/c1-47(2)14-12-35(41(29-47)33-4-6-36(49)7-5-33)31-54-18-20-55(21-19-54)37-8-10-40(44(27-37)64-38-26-34-13-17-50-45(34)51-30-38)46(58)53-66(62,63)39-9-11-42(43(28-39)57(59)60)52-32-48(15-16-48)56-22-24-65(3,61)25-23-56/h4-11,13,17,26-28,30,52,61,65H,12,14-16,18-25,29,31-32H2,1-3H3,(H,50,51)(H,53,58). The van der Waals surface area contributed by atoms with Gasteiger partial charge in [-0.05, 0) is 72.2 Å². The number of fused-ring (bicyclic) bond motifs is 1. The molecule has 3 fully saturated rings. The van der Waals surface area contributed by atoms with Crippen LogP contribution in [-0.4, -0.2) is 121 Å². The van der Waals surface area contributed by atoms with Crippen molar-refractivity contribution < 1.29 is 27.8 Å². The molecule has 4 N–H and O–H groups in total. The number of piperazine rings is 1. The summed E-state index contributed by atoms with van der Waals surface area (Å²) in [6.07, 6.45) is 9.91. The molecule has 2 aromatic heterocycles. The van der Waals surface area contributed by atoms with E-state index in [1.54, 1.807) is 30.5 Å². The summed E-state index contributed by atoms with van der Waals surface area (Å²) in [4.78, 5) is 50.4. The van der Waals surface area contributed by atoms with Gasteiger partial charge in [-0.2, -0.15) is 0 Å². The SMILES string of the molecule is CC1(C)CCC(CN2CCN(c3ccc(C(=O)NS(=O)(=O)c4ccc(NCC5(N6CC[PH](C)(O)CC6)CC5)c([N+](=O)[O-])c4)c(Oc4cnc5[nH]ccc5c4)c3)CC2)=C(c2ccc(Cl)cc2)C1. The van der Waals surface area contributed by atoms with Gasteiger partial charge in [0.15, 0.2) is 0 Å². The van der Waals surface area contributed by atoms with Crippen LogP contribution in [-0.2, 0) is 10.0 Å². The van der Waals surface area contributed by atoms with E-state index in [4.69, 9.17) is 16.3 Å². The molecule has 2 saturated heterocycles. The molecule has 1 amide bonds. The normalized spacial score (nSPS) is 20.2. The molecule has 2 aliphatic heterocycles. The van der Waals surface area contributed by atoms with Crippen LogP contribution in [0, 0.1) is 15.5 Å². The van der Waals surface area contributed by atoms with Crippen LogP contribution in [0.2, 0.25) is 5.02 Å². The third-order valence-corrected chi connectivity index (χ3v) is 18.2. The van der Waals surface area contributed by atoms with E-state index in [1.165, 1.54) is 35.0 Å². The third kappa shape index (κ3) is 10.2. The van der Waals surface area contributed by atoms with Crippen molar-refractivity contribution >= 4 is 68.7 Å². The summed E-state index contributed by atoms with van der Waals surface area (Å²) in [6.45, 7) is 12.6. The molecule has 4 aliphatic rings.